The van der Waals surface area contributed by atoms with Crippen LogP contribution in [0.1, 0.15) is 5.56 Å². The third-order valence-electron chi connectivity index (χ3n) is 3.12. The Bertz CT molecular complexity index is 883. The van der Waals surface area contributed by atoms with E-state index in [9.17, 15) is 8.78 Å². The van der Waals surface area contributed by atoms with Crippen molar-refractivity contribution in [2.75, 3.05) is 0 Å². The van der Waals surface area contributed by atoms with Crippen LogP contribution in [-0.4, -0.2) is 9.55 Å². The highest BCUT2D eigenvalue weighted by atomic mass is 35.5. The number of H-pyrrole nitrogens is 1. The molecule has 1 heterocycles. The molecular formula is C14H9ClF2N2S. The van der Waals surface area contributed by atoms with Gasteiger partial charge in [0.1, 0.15) is 11.6 Å². The Morgan fingerprint density at radius 3 is 2.60 bits per heavy atom. The second kappa shape index (κ2) is 4.68. The Labute approximate surface area is 123 Å². The molecule has 0 radical (unpaired) electrons. The van der Waals surface area contributed by atoms with E-state index in [2.05, 4.69) is 4.98 Å². The summed E-state index contributed by atoms with van der Waals surface area (Å²) in [7, 11) is 0. The second-order valence-corrected chi connectivity index (χ2v) is 5.28. The van der Waals surface area contributed by atoms with Crippen LogP contribution in [0.2, 0.25) is 5.02 Å². The molecule has 1 aromatic heterocycles. The van der Waals surface area contributed by atoms with Crippen molar-refractivity contribution >= 4 is 34.9 Å². The lowest BCUT2D eigenvalue weighted by Gasteiger charge is -2.06. The molecule has 0 amide bonds. The zero-order valence-corrected chi connectivity index (χ0v) is 11.9. The molecule has 102 valence electrons. The topological polar surface area (TPSA) is 20.7 Å². The molecule has 3 aromatic rings. The number of fused-ring (bicyclic) bond motifs is 1. The molecule has 2 nitrogen and oxygen atoms in total. The van der Waals surface area contributed by atoms with Crippen LogP contribution in [0, 0.1) is 23.3 Å². The standard InChI is InChI=1S/C14H9ClF2N2S/c1-7-4-13-12(6-11(7)17)18-14(20)19(13)8-2-3-10(16)9(15)5-8/h2-6H,1H3,(H,18,20). The first-order chi connectivity index (χ1) is 9.47. The van der Waals surface area contributed by atoms with Crippen molar-refractivity contribution in [2.24, 2.45) is 0 Å². The van der Waals surface area contributed by atoms with E-state index >= 15 is 0 Å². The molecule has 0 bridgehead atoms. The molecule has 6 heteroatoms. The SMILES string of the molecule is Cc1cc2c(cc1F)[nH]c(=S)n2-c1ccc(F)c(Cl)c1. The summed E-state index contributed by atoms with van der Waals surface area (Å²) in [6.45, 7) is 1.67. The molecule has 3 rings (SSSR count). The third-order valence-corrected chi connectivity index (χ3v) is 3.70. The first kappa shape index (κ1) is 13.3. The molecule has 1 N–H and O–H groups in total. The lowest BCUT2D eigenvalue weighted by atomic mass is 10.2. The minimum atomic E-state index is -0.496. The van der Waals surface area contributed by atoms with Gasteiger partial charge in [-0.1, -0.05) is 11.6 Å². The second-order valence-electron chi connectivity index (χ2n) is 4.48. The molecule has 20 heavy (non-hydrogen) atoms. The van der Waals surface area contributed by atoms with Gasteiger partial charge in [0, 0.05) is 0 Å². The third kappa shape index (κ3) is 2.03. The van der Waals surface area contributed by atoms with Gasteiger partial charge < -0.3 is 4.98 Å². The molecule has 0 aliphatic carbocycles. The lowest BCUT2D eigenvalue weighted by Crippen LogP contribution is -1.95. The van der Waals surface area contributed by atoms with E-state index in [0.717, 1.165) is 5.52 Å². The van der Waals surface area contributed by atoms with Gasteiger partial charge in [-0.15, -0.1) is 0 Å². The molecule has 0 saturated heterocycles. The predicted molar refractivity (Wildman–Crippen MR) is 78.1 cm³/mol. The number of rotatable bonds is 1. The Morgan fingerprint density at radius 1 is 1.15 bits per heavy atom. The van der Waals surface area contributed by atoms with Crippen molar-refractivity contribution in [1.82, 2.24) is 9.55 Å². The van der Waals surface area contributed by atoms with E-state index in [1.54, 1.807) is 23.6 Å². The predicted octanol–water partition coefficient (Wildman–Crippen LogP) is 4.93. The molecule has 0 saturated carbocycles. The van der Waals surface area contributed by atoms with Gasteiger partial charge in [0.25, 0.3) is 0 Å². The van der Waals surface area contributed by atoms with Gasteiger partial charge in [0.05, 0.1) is 21.7 Å². The van der Waals surface area contributed by atoms with Gasteiger partial charge >= 0.3 is 0 Å². The Balaban J connectivity index is 2.35. The molecule has 0 spiro atoms. The number of nitrogens with one attached hydrogen (secondary N) is 1. The first-order valence-electron chi connectivity index (χ1n) is 5.83. The summed E-state index contributed by atoms with van der Waals surface area (Å²) in [5, 5.41) is 0.0117. The zero-order chi connectivity index (χ0) is 14.4. The summed E-state index contributed by atoms with van der Waals surface area (Å²) < 4.78 is 28.9. The summed E-state index contributed by atoms with van der Waals surface area (Å²) in [5.41, 5.74) is 2.43. The number of imidazole rings is 1. The quantitative estimate of drug-likeness (QED) is 0.632. The number of halogens is 3. The summed E-state index contributed by atoms with van der Waals surface area (Å²) >= 11 is 11.0. The van der Waals surface area contributed by atoms with Crippen molar-refractivity contribution < 1.29 is 8.78 Å². The Kier molecular flexibility index (Phi) is 3.11. The molecule has 0 atom stereocenters. The van der Waals surface area contributed by atoms with Gasteiger partial charge in [0.15, 0.2) is 4.77 Å². The van der Waals surface area contributed by atoms with Crippen molar-refractivity contribution in [3.05, 3.63) is 57.3 Å². The van der Waals surface area contributed by atoms with Crippen LogP contribution < -0.4 is 0 Å². The summed E-state index contributed by atoms with van der Waals surface area (Å²) in [5.74, 6) is -0.804. The summed E-state index contributed by atoms with van der Waals surface area (Å²) in [6.07, 6.45) is 0. The maximum atomic E-state index is 13.6. The lowest BCUT2D eigenvalue weighted by molar-refractivity contribution is 0.620. The van der Waals surface area contributed by atoms with Crippen molar-refractivity contribution in [2.45, 2.75) is 6.92 Å². The largest absolute Gasteiger partial charge is 0.330 e. The highest BCUT2D eigenvalue weighted by molar-refractivity contribution is 7.71. The van der Waals surface area contributed by atoms with Crippen molar-refractivity contribution in [1.29, 1.82) is 0 Å². The van der Waals surface area contributed by atoms with E-state index in [1.807, 2.05) is 0 Å². The summed E-state index contributed by atoms with van der Waals surface area (Å²) in [6, 6.07) is 7.41. The van der Waals surface area contributed by atoms with Crippen molar-refractivity contribution in [3.8, 4) is 5.69 Å². The molecule has 0 aliphatic rings. The van der Waals surface area contributed by atoms with Crippen molar-refractivity contribution in [3.63, 3.8) is 0 Å². The van der Waals surface area contributed by atoms with Crippen LogP contribution in [-0.2, 0) is 0 Å². The first-order valence-corrected chi connectivity index (χ1v) is 6.62. The zero-order valence-electron chi connectivity index (χ0n) is 10.4. The minimum Gasteiger partial charge on any atom is -0.330 e. The number of benzene rings is 2. The molecular weight excluding hydrogens is 302 g/mol. The average Bonchev–Trinajstić information content (AvgIpc) is 2.69. The number of aromatic amines is 1. The average molecular weight is 311 g/mol. The highest BCUT2D eigenvalue weighted by Crippen LogP contribution is 2.25. The maximum Gasteiger partial charge on any atom is 0.182 e. The van der Waals surface area contributed by atoms with E-state index < -0.39 is 5.82 Å². The maximum absolute atomic E-state index is 13.6. The van der Waals surface area contributed by atoms with Gasteiger partial charge in [-0.3, -0.25) is 4.57 Å². The number of nitrogens with zero attached hydrogens (tertiary/aromatic N) is 1. The van der Waals surface area contributed by atoms with Gasteiger partial charge in [0.2, 0.25) is 0 Å². The molecule has 0 unspecified atom stereocenters. The Hall–Kier alpha value is -1.72. The van der Waals surface area contributed by atoms with Crippen LogP contribution in [0.3, 0.4) is 0 Å². The molecule has 2 aromatic carbocycles. The molecule has 0 fully saturated rings. The fourth-order valence-corrected chi connectivity index (χ4v) is 2.60. The minimum absolute atomic E-state index is 0.0117. The number of aromatic nitrogens is 2. The number of hydrogen-bond donors (Lipinski definition) is 1. The van der Waals surface area contributed by atoms with Gasteiger partial charge in [-0.05, 0) is 55.0 Å². The van der Waals surface area contributed by atoms with Crippen LogP contribution in [0.25, 0.3) is 16.7 Å². The fraction of sp³-hybridized carbons (Fsp3) is 0.0714. The smallest absolute Gasteiger partial charge is 0.182 e. The number of aryl methyl sites for hydroxylation is 1. The van der Waals surface area contributed by atoms with Gasteiger partial charge in [-0.2, -0.15) is 0 Å². The monoisotopic (exact) mass is 310 g/mol. The normalized spacial score (nSPS) is 11.2. The molecule has 0 aliphatic heterocycles. The van der Waals surface area contributed by atoms with E-state index in [0.29, 0.717) is 21.5 Å². The fourth-order valence-electron chi connectivity index (χ4n) is 2.11. The summed E-state index contributed by atoms with van der Waals surface area (Å²) in [4.78, 5) is 2.93. The van der Waals surface area contributed by atoms with Crippen LogP contribution in [0.15, 0.2) is 30.3 Å². The van der Waals surface area contributed by atoms with Gasteiger partial charge in [-0.25, -0.2) is 8.78 Å². The Morgan fingerprint density at radius 2 is 1.90 bits per heavy atom. The van der Waals surface area contributed by atoms with E-state index in [1.165, 1.54) is 18.2 Å². The highest BCUT2D eigenvalue weighted by Gasteiger charge is 2.11. The van der Waals surface area contributed by atoms with E-state index in [4.69, 9.17) is 23.8 Å². The van der Waals surface area contributed by atoms with Crippen LogP contribution >= 0.6 is 23.8 Å². The van der Waals surface area contributed by atoms with Crippen LogP contribution in [0.5, 0.6) is 0 Å². The number of hydrogen-bond acceptors (Lipinski definition) is 1. The van der Waals surface area contributed by atoms with E-state index in [-0.39, 0.29) is 10.8 Å². The van der Waals surface area contributed by atoms with Crippen LogP contribution in [0.4, 0.5) is 8.78 Å².